The largest absolute Gasteiger partial charge is 0.486 e. The van der Waals surface area contributed by atoms with E-state index in [2.05, 4.69) is 15.3 Å². The van der Waals surface area contributed by atoms with Crippen LogP contribution in [0, 0.1) is 6.92 Å². The van der Waals surface area contributed by atoms with Crippen molar-refractivity contribution in [2.24, 2.45) is 0 Å². The van der Waals surface area contributed by atoms with Crippen LogP contribution >= 0.6 is 11.8 Å². The van der Waals surface area contributed by atoms with Gasteiger partial charge in [0.25, 0.3) is 0 Å². The predicted octanol–water partition coefficient (Wildman–Crippen LogP) is 4.19. The second-order valence-electron chi connectivity index (χ2n) is 7.02. The number of nitrogens with one attached hydrogen (secondary N) is 1. The molecule has 0 saturated carbocycles. The van der Waals surface area contributed by atoms with E-state index in [-0.39, 0.29) is 17.7 Å². The van der Waals surface area contributed by atoms with Crippen LogP contribution in [0.1, 0.15) is 24.2 Å². The normalized spacial score (nSPS) is 13.5. The molecule has 0 aliphatic carbocycles. The van der Waals surface area contributed by atoms with Crippen LogP contribution in [0.4, 0.5) is 0 Å². The van der Waals surface area contributed by atoms with Crippen LogP contribution in [0.3, 0.4) is 0 Å². The lowest BCUT2D eigenvalue weighted by molar-refractivity contribution is -0.119. The summed E-state index contributed by atoms with van der Waals surface area (Å²) in [5.41, 5.74) is 3.73. The summed E-state index contributed by atoms with van der Waals surface area (Å²) in [6.07, 6.45) is 0. The molecule has 1 aromatic heterocycles. The molecule has 0 spiro atoms. The minimum absolute atomic E-state index is 0.0752. The molecule has 1 aliphatic rings. The maximum Gasteiger partial charge on any atom is 0.230 e. The first-order chi connectivity index (χ1) is 14.6. The molecule has 3 aromatic rings. The fourth-order valence-electron chi connectivity index (χ4n) is 3.19. The number of hydrogen-bond acceptors (Lipinski definition) is 6. The fraction of sp³-hybridized carbons (Fsp3) is 0.261. The van der Waals surface area contributed by atoms with Crippen LogP contribution in [0.25, 0.3) is 11.3 Å². The first-order valence-electron chi connectivity index (χ1n) is 9.81. The van der Waals surface area contributed by atoms with Gasteiger partial charge in [0.05, 0.1) is 17.5 Å². The average Bonchev–Trinajstić information content (AvgIpc) is 2.77. The Morgan fingerprint density at radius 3 is 2.63 bits per heavy atom. The molecule has 1 atom stereocenters. The van der Waals surface area contributed by atoms with E-state index in [1.807, 2.05) is 68.4 Å². The molecule has 30 heavy (non-hydrogen) atoms. The minimum atomic E-state index is -0.146. The number of hydrogen-bond donors (Lipinski definition) is 1. The van der Waals surface area contributed by atoms with Crippen molar-refractivity contribution >= 4 is 17.7 Å². The van der Waals surface area contributed by atoms with Crippen LogP contribution < -0.4 is 14.8 Å². The third-order valence-electron chi connectivity index (χ3n) is 4.68. The number of amides is 1. The molecule has 6 nitrogen and oxygen atoms in total. The summed E-state index contributed by atoms with van der Waals surface area (Å²) >= 11 is 1.33. The SMILES string of the molecule is Cc1cc(-c2ccccc2)nc(SCC(=O)NC(C)c2ccc3c(c2)OCCO3)n1. The zero-order chi connectivity index (χ0) is 20.9. The van der Waals surface area contributed by atoms with Gasteiger partial charge in [-0.15, -0.1) is 0 Å². The highest BCUT2D eigenvalue weighted by atomic mass is 32.2. The number of ether oxygens (including phenoxy) is 2. The molecular formula is C23H23N3O3S. The Morgan fingerprint density at radius 1 is 1.07 bits per heavy atom. The Balaban J connectivity index is 1.37. The van der Waals surface area contributed by atoms with E-state index in [1.165, 1.54) is 11.8 Å². The summed E-state index contributed by atoms with van der Waals surface area (Å²) < 4.78 is 11.2. The Bertz CT molecular complexity index is 1040. The van der Waals surface area contributed by atoms with Crippen LogP contribution in [-0.2, 0) is 4.79 Å². The molecule has 7 heteroatoms. The van der Waals surface area contributed by atoms with Gasteiger partial charge in [-0.2, -0.15) is 0 Å². The van der Waals surface area contributed by atoms with Crippen LogP contribution in [0.15, 0.2) is 59.8 Å². The zero-order valence-corrected chi connectivity index (χ0v) is 17.7. The maximum atomic E-state index is 12.5. The molecule has 4 rings (SSSR count). The van der Waals surface area contributed by atoms with Gasteiger partial charge in [0.1, 0.15) is 13.2 Å². The number of aryl methyl sites for hydroxylation is 1. The number of thioether (sulfide) groups is 1. The van der Waals surface area contributed by atoms with Crippen molar-refractivity contribution in [1.82, 2.24) is 15.3 Å². The standard InChI is InChI=1S/C23H23N3O3S/c1-15-12-19(17-6-4-3-5-7-17)26-23(24-15)30-14-22(27)25-16(2)18-8-9-20-21(13-18)29-11-10-28-20/h3-9,12-13,16H,10-11,14H2,1-2H3,(H,25,27). The molecule has 0 radical (unpaired) electrons. The predicted molar refractivity (Wildman–Crippen MR) is 117 cm³/mol. The topological polar surface area (TPSA) is 73.3 Å². The molecule has 1 N–H and O–H groups in total. The van der Waals surface area contributed by atoms with Crippen molar-refractivity contribution in [2.45, 2.75) is 25.0 Å². The average molecular weight is 422 g/mol. The monoisotopic (exact) mass is 421 g/mol. The fourth-order valence-corrected chi connectivity index (χ4v) is 3.90. The van der Waals surface area contributed by atoms with Crippen LogP contribution in [-0.4, -0.2) is 34.8 Å². The van der Waals surface area contributed by atoms with Gasteiger partial charge in [-0.1, -0.05) is 48.2 Å². The van der Waals surface area contributed by atoms with Crippen LogP contribution in [0.2, 0.25) is 0 Å². The van der Waals surface area contributed by atoms with Crippen molar-refractivity contribution < 1.29 is 14.3 Å². The summed E-state index contributed by atoms with van der Waals surface area (Å²) in [5.74, 6) is 1.63. The van der Waals surface area contributed by atoms with Crippen molar-refractivity contribution in [1.29, 1.82) is 0 Å². The Labute approximate surface area is 180 Å². The van der Waals surface area contributed by atoms with Gasteiger partial charge >= 0.3 is 0 Å². The van der Waals surface area contributed by atoms with E-state index in [1.54, 1.807) is 0 Å². The lowest BCUT2D eigenvalue weighted by Gasteiger charge is -2.21. The Morgan fingerprint density at radius 2 is 1.83 bits per heavy atom. The lowest BCUT2D eigenvalue weighted by atomic mass is 10.1. The molecule has 2 aromatic carbocycles. The molecule has 0 fully saturated rings. The number of aromatic nitrogens is 2. The number of nitrogens with zero attached hydrogens (tertiary/aromatic N) is 2. The maximum absolute atomic E-state index is 12.5. The van der Waals surface area contributed by atoms with E-state index in [0.29, 0.717) is 18.4 Å². The van der Waals surface area contributed by atoms with Gasteiger partial charge in [0.2, 0.25) is 5.91 Å². The molecule has 1 unspecified atom stereocenters. The van der Waals surface area contributed by atoms with Crippen molar-refractivity contribution in [3.8, 4) is 22.8 Å². The lowest BCUT2D eigenvalue weighted by Crippen LogP contribution is -2.28. The van der Waals surface area contributed by atoms with Gasteiger partial charge in [-0.05, 0) is 37.6 Å². The summed E-state index contributed by atoms with van der Waals surface area (Å²) in [5, 5.41) is 3.62. The molecule has 0 saturated heterocycles. The van der Waals surface area contributed by atoms with Gasteiger partial charge in [-0.3, -0.25) is 4.79 Å². The number of carbonyl (C=O) groups is 1. The molecule has 1 aliphatic heterocycles. The van der Waals surface area contributed by atoms with E-state index < -0.39 is 0 Å². The minimum Gasteiger partial charge on any atom is -0.486 e. The highest BCUT2D eigenvalue weighted by Crippen LogP contribution is 2.32. The van der Waals surface area contributed by atoms with E-state index in [0.717, 1.165) is 34.0 Å². The summed E-state index contributed by atoms with van der Waals surface area (Å²) in [4.78, 5) is 21.5. The molecule has 1 amide bonds. The molecular weight excluding hydrogens is 398 g/mol. The highest BCUT2D eigenvalue weighted by Gasteiger charge is 2.16. The van der Waals surface area contributed by atoms with E-state index in [4.69, 9.17) is 9.47 Å². The number of fused-ring (bicyclic) bond motifs is 1. The smallest absolute Gasteiger partial charge is 0.230 e. The third-order valence-corrected chi connectivity index (χ3v) is 5.53. The zero-order valence-electron chi connectivity index (χ0n) is 16.9. The quantitative estimate of drug-likeness (QED) is 0.475. The molecule has 0 bridgehead atoms. The number of rotatable bonds is 6. The van der Waals surface area contributed by atoms with E-state index in [9.17, 15) is 4.79 Å². The summed E-state index contributed by atoms with van der Waals surface area (Å²) in [6, 6.07) is 17.5. The Kier molecular flexibility index (Phi) is 6.18. The molecule has 154 valence electrons. The van der Waals surface area contributed by atoms with Crippen molar-refractivity contribution in [2.75, 3.05) is 19.0 Å². The second-order valence-corrected chi connectivity index (χ2v) is 7.97. The number of benzene rings is 2. The van der Waals surface area contributed by atoms with Gasteiger partial charge in [0.15, 0.2) is 16.7 Å². The highest BCUT2D eigenvalue weighted by molar-refractivity contribution is 7.99. The Hall–Kier alpha value is -3.06. The first kappa shape index (κ1) is 20.2. The van der Waals surface area contributed by atoms with E-state index >= 15 is 0 Å². The van der Waals surface area contributed by atoms with Crippen molar-refractivity contribution in [3.05, 3.63) is 65.9 Å². The van der Waals surface area contributed by atoms with Gasteiger partial charge in [0, 0.05) is 11.3 Å². The summed E-state index contributed by atoms with van der Waals surface area (Å²) in [6.45, 7) is 4.98. The van der Waals surface area contributed by atoms with Crippen LogP contribution in [0.5, 0.6) is 11.5 Å². The van der Waals surface area contributed by atoms with Gasteiger partial charge in [-0.25, -0.2) is 9.97 Å². The molecule has 2 heterocycles. The van der Waals surface area contributed by atoms with Crippen molar-refractivity contribution in [3.63, 3.8) is 0 Å². The van der Waals surface area contributed by atoms with Gasteiger partial charge < -0.3 is 14.8 Å². The summed E-state index contributed by atoms with van der Waals surface area (Å²) in [7, 11) is 0. The number of carbonyl (C=O) groups excluding carboxylic acids is 1. The third kappa shape index (κ3) is 4.91. The second kappa shape index (κ2) is 9.17. The first-order valence-corrected chi connectivity index (χ1v) is 10.8.